The van der Waals surface area contributed by atoms with Crippen molar-refractivity contribution in [1.29, 1.82) is 0 Å². The van der Waals surface area contributed by atoms with Gasteiger partial charge < -0.3 is 24.1 Å². The minimum atomic E-state index is -0.569. The smallest absolute Gasteiger partial charge is 0.139 e. The van der Waals surface area contributed by atoms with Crippen molar-refractivity contribution in [3.8, 4) is 0 Å². The van der Waals surface area contributed by atoms with Crippen LogP contribution in [0.5, 0.6) is 0 Å². The molecule has 0 saturated carbocycles. The molecule has 0 unspecified atom stereocenters. The van der Waals surface area contributed by atoms with E-state index >= 15 is 0 Å². The summed E-state index contributed by atoms with van der Waals surface area (Å²) in [6.45, 7) is 1.80. The topological polar surface area (TPSA) is 69.5 Å². The summed E-state index contributed by atoms with van der Waals surface area (Å²) >= 11 is 3.28. The number of thioether (sulfide) groups is 2. The van der Waals surface area contributed by atoms with Gasteiger partial charge in [-0.25, -0.2) is 0 Å². The molecule has 8 heteroatoms. The second-order valence-corrected chi connectivity index (χ2v) is 11.6. The molecule has 0 amide bonds. The van der Waals surface area contributed by atoms with Crippen LogP contribution in [0, 0.1) is 0 Å². The number of aliphatic hydroxyl groups excluding tert-OH is 1. The summed E-state index contributed by atoms with van der Waals surface area (Å²) in [6.07, 6.45) is -2.02. The largest absolute Gasteiger partial charge is 0.394 e. The second kappa shape index (κ2) is 14.3. The fourth-order valence-electron chi connectivity index (χ4n) is 4.47. The Kier molecular flexibility index (Phi) is 10.3. The van der Waals surface area contributed by atoms with Crippen LogP contribution in [0.3, 0.4) is 0 Å². The Labute approximate surface area is 232 Å². The van der Waals surface area contributed by atoms with Crippen molar-refractivity contribution in [1.82, 2.24) is 0 Å². The minimum Gasteiger partial charge on any atom is -0.394 e. The summed E-state index contributed by atoms with van der Waals surface area (Å²) in [6, 6.07) is 30.2. The summed E-state index contributed by atoms with van der Waals surface area (Å²) in [5.41, 5.74) is 2.76. The molecule has 200 valence electrons. The van der Waals surface area contributed by atoms with Gasteiger partial charge in [0, 0.05) is 5.75 Å². The van der Waals surface area contributed by atoms with Gasteiger partial charge in [0.1, 0.15) is 34.2 Å². The first-order valence-electron chi connectivity index (χ1n) is 12.9. The van der Waals surface area contributed by atoms with E-state index in [-0.39, 0.29) is 6.61 Å². The van der Waals surface area contributed by atoms with Gasteiger partial charge >= 0.3 is 0 Å². The summed E-state index contributed by atoms with van der Waals surface area (Å²) in [5.74, 6) is 0.963. The Morgan fingerprint density at radius 3 is 1.71 bits per heavy atom. The van der Waals surface area contributed by atoms with Crippen LogP contribution < -0.4 is 0 Å². The second-order valence-electron chi connectivity index (χ2n) is 9.12. The van der Waals surface area contributed by atoms with Gasteiger partial charge in [0.2, 0.25) is 0 Å². The molecule has 3 aromatic rings. The van der Waals surface area contributed by atoms with Crippen LogP contribution >= 0.6 is 23.5 Å². The number of nitrogens with zero attached hydrogens (tertiary/aromatic N) is 1. The van der Waals surface area contributed by atoms with Crippen molar-refractivity contribution in [3.63, 3.8) is 0 Å². The van der Waals surface area contributed by atoms with Gasteiger partial charge in [0.15, 0.2) is 0 Å². The quantitative estimate of drug-likeness (QED) is 0.347. The van der Waals surface area contributed by atoms with Crippen LogP contribution in [0.15, 0.2) is 96.0 Å². The van der Waals surface area contributed by atoms with E-state index in [1.807, 2.05) is 91.0 Å². The number of aliphatic imine (C=N–C) groups is 1. The van der Waals surface area contributed by atoms with Gasteiger partial charge in [0.05, 0.1) is 33.0 Å². The average Bonchev–Trinajstić information content (AvgIpc) is 3.49. The average molecular weight is 552 g/mol. The summed E-state index contributed by atoms with van der Waals surface area (Å²) in [5, 5.41) is 10.4. The molecule has 2 heterocycles. The molecule has 1 fully saturated rings. The van der Waals surface area contributed by atoms with E-state index in [9.17, 15) is 5.11 Å². The molecular formula is C30H33NO5S2. The maximum atomic E-state index is 10.4. The molecule has 0 spiro atoms. The Morgan fingerprint density at radius 1 is 0.737 bits per heavy atom. The zero-order valence-electron chi connectivity index (χ0n) is 21.1. The molecule has 0 aliphatic carbocycles. The highest BCUT2D eigenvalue weighted by Crippen LogP contribution is 2.38. The number of aliphatic hydroxyl groups is 1. The molecule has 2 aliphatic rings. The van der Waals surface area contributed by atoms with Crippen molar-refractivity contribution < 1.29 is 24.1 Å². The summed E-state index contributed by atoms with van der Waals surface area (Å²) < 4.78 is 27.1. The van der Waals surface area contributed by atoms with Crippen LogP contribution in [0.2, 0.25) is 0 Å². The Morgan fingerprint density at radius 2 is 1.24 bits per heavy atom. The van der Waals surface area contributed by atoms with Crippen LogP contribution in [0.25, 0.3) is 0 Å². The molecule has 5 rings (SSSR count). The first kappa shape index (κ1) is 27.4. The zero-order valence-corrected chi connectivity index (χ0v) is 22.8. The Hall–Kier alpha value is -2.17. The fraction of sp³-hybridized carbons (Fsp3) is 0.367. The predicted molar refractivity (Wildman–Crippen MR) is 153 cm³/mol. The molecule has 38 heavy (non-hydrogen) atoms. The lowest BCUT2D eigenvalue weighted by atomic mass is 9.99. The van der Waals surface area contributed by atoms with Gasteiger partial charge in [-0.05, 0) is 16.7 Å². The van der Waals surface area contributed by atoms with Gasteiger partial charge in [-0.15, -0.1) is 0 Å². The van der Waals surface area contributed by atoms with Gasteiger partial charge in [0.25, 0.3) is 0 Å². The first-order valence-corrected chi connectivity index (χ1v) is 14.7. The highest BCUT2D eigenvalue weighted by atomic mass is 32.2. The Bertz CT molecular complexity index is 1140. The molecule has 6 nitrogen and oxygen atoms in total. The van der Waals surface area contributed by atoms with Crippen molar-refractivity contribution in [2.24, 2.45) is 4.99 Å². The van der Waals surface area contributed by atoms with Crippen LogP contribution in [-0.4, -0.2) is 58.2 Å². The maximum absolute atomic E-state index is 10.4. The van der Waals surface area contributed by atoms with Crippen molar-refractivity contribution in [2.75, 3.05) is 18.9 Å². The number of rotatable bonds is 11. The van der Waals surface area contributed by atoms with Crippen molar-refractivity contribution >= 4 is 27.9 Å². The van der Waals surface area contributed by atoms with E-state index in [0.29, 0.717) is 19.8 Å². The van der Waals surface area contributed by atoms with Gasteiger partial charge in [-0.3, -0.25) is 4.99 Å². The number of hydrogen-bond donors (Lipinski definition) is 1. The lowest BCUT2D eigenvalue weighted by Crippen LogP contribution is -2.60. The van der Waals surface area contributed by atoms with Gasteiger partial charge in [-0.2, -0.15) is 0 Å². The molecule has 0 bridgehead atoms. The third-order valence-corrected chi connectivity index (χ3v) is 8.75. The third-order valence-electron chi connectivity index (χ3n) is 6.40. The first-order chi connectivity index (χ1) is 18.8. The highest BCUT2D eigenvalue weighted by molar-refractivity contribution is 8.39. The molecule has 0 radical (unpaired) electrons. The SMILES string of the molecule is OC[C@H]1O[C@@H](SC2=NCCS2)[C@H](OCc2ccccc2)[C@@H](OCc2ccccc2)[C@@H]1OCc1ccccc1. The number of ether oxygens (including phenoxy) is 4. The Balaban J connectivity index is 1.42. The molecule has 2 aliphatic heterocycles. The molecule has 0 aromatic heterocycles. The van der Waals surface area contributed by atoms with Crippen LogP contribution in [0.1, 0.15) is 16.7 Å². The van der Waals surface area contributed by atoms with Crippen LogP contribution in [0.4, 0.5) is 0 Å². The summed E-state index contributed by atoms with van der Waals surface area (Å²) in [7, 11) is 0. The van der Waals surface area contributed by atoms with Gasteiger partial charge in [-0.1, -0.05) is 115 Å². The maximum Gasteiger partial charge on any atom is 0.139 e. The van der Waals surface area contributed by atoms with Crippen molar-refractivity contribution in [2.45, 2.75) is 49.7 Å². The van der Waals surface area contributed by atoms with E-state index in [1.54, 1.807) is 23.5 Å². The molecule has 5 atom stereocenters. The number of hydrogen-bond acceptors (Lipinski definition) is 8. The van der Waals surface area contributed by atoms with Crippen molar-refractivity contribution in [3.05, 3.63) is 108 Å². The normalized spacial score (nSPS) is 25.3. The van der Waals surface area contributed by atoms with E-state index < -0.39 is 29.9 Å². The molecule has 3 aromatic carbocycles. The number of benzene rings is 3. The predicted octanol–water partition coefficient (Wildman–Crippen LogP) is 5.30. The molecule has 1 N–H and O–H groups in total. The fourth-order valence-corrected chi connectivity index (χ4v) is 6.75. The minimum absolute atomic E-state index is 0.188. The highest BCUT2D eigenvalue weighted by Gasteiger charge is 2.49. The summed E-state index contributed by atoms with van der Waals surface area (Å²) in [4.78, 5) is 4.62. The van der Waals surface area contributed by atoms with E-state index in [4.69, 9.17) is 18.9 Å². The standard InChI is InChI=1S/C30H33NO5S2/c32-18-25-26(33-19-22-10-4-1-5-11-22)27(34-20-23-12-6-2-7-13-23)28(35-21-24-14-8-3-9-15-24)29(36-25)38-30-31-16-17-37-30/h1-15,25-29,32H,16-21H2/t25-,26-,27+,28-,29+/m1/s1. The lowest BCUT2D eigenvalue weighted by molar-refractivity contribution is -0.251. The lowest BCUT2D eigenvalue weighted by Gasteiger charge is -2.45. The monoisotopic (exact) mass is 551 g/mol. The molecule has 1 saturated heterocycles. The van der Waals surface area contributed by atoms with E-state index in [0.717, 1.165) is 33.4 Å². The molecular weight excluding hydrogens is 518 g/mol. The third kappa shape index (κ3) is 7.48. The zero-order chi connectivity index (χ0) is 26.0. The van der Waals surface area contributed by atoms with Crippen LogP contribution in [-0.2, 0) is 38.8 Å². The van der Waals surface area contributed by atoms with E-state index in [2.05, 4.69) is 4.99 Å². The van der Waals surface area contributed by atoms with E-state index in [1.165, 1.54) is 0 Å².